The van der Waals surface area contributed by atoms with Crippen molar-refractivity contribution in [2.45, 2.75) is 19.8 Å². The molecule has 5 nitrogen and oxygen atoms in total. The van der Waals surface area contributed by atoms with E-state index in [9.17, 15) is 9.90 Å². The lowest BCUT2D eigenvalue weighted by Gasteiger charge is -2.33. The Kier molecular flexibility index (Phi) is 5.13. The highest BCUT2D eigenvalue weighted by Crippen LogP contribution is 2.27. The van der Waals surface area contributed by atoms with E-state index in [4.69, 9.17) is 23.2 Å². The van der Waals surface area contributed by atoms with Crippen molar-refractivity contribution in [1.82, 2.24) is 9.78 Å². The van der Waals surface area contributed by atoms with Gasteiger partial charge in [0.25, 0.3) is 5.56 Å². The highest BCUT2D eigenvalue weighted by Gasteiger charge is 2.23. The molecular formula is C17H19Cl2N3O2. The average Bonchev–Trinajstić information content (AvgIpc) is 2.60. The Morgan fingerprint density at radius 2 is 2.17 bits per heavy atom. The van der Waals surface area contributed by atoms with Gasteiger partial charge in [0, 0.05) is 24.7 Å². The number of rotatable bonds is 3. The fourth-order valence-electron chi connectivity index (χ4n) is 2.97. The molecule has 7 heteroatoms. The summed E-state index contributed by atoms with van der Waals surface area (Å²) >= 11 is 12.5. The van der Waals surface area contributed by atoms with Gasteiger partial charge in [-0.15, -0.1) is 0 Å². The van der Waals surface area contributed by atoms with Crippen molar-refractivity contribution in [2.75, 3.05) is 24.6 Å². The van der Waals surface area contributed by atoms with Crippen LogP contribution in [-0.4, -0.2) is 34.6 Å². The van der Waals surface area contributed by atoms with E-state index < -0.39 is 0 Å². The van der Waals surface area contributed by atoms with E-state index in [1.807, 2.05) is 17.9 Å². The van der Waals surface area contributed by atoms with E-state index in [-0.39, 0.29) is 23.1 Å². The van der Waals surface area contributed by atoms with Crippen LogP contribution < -0.4 is 10.5 Å². The van der Waals surface area contributed by atoms with Crippen molar-refractivity contribution in [1.29, 1.82) is 0 Å². The maximum Gasteiger partial charge on any atom is 0.292 e. The third-order valence-corrected chi connectivity index (χ3v) is 5.18. The number of piperidine rings is 1. The van der Waals surface area contributed by atoms with Crippen LogP contribution in [0, 0.1) is 12.8 Å². The van der Waals surface area contributed by atoms with Gasteiger partial charge in [-0.1, -0.05) is 29.3 Å². The summed E-state index contributed by atoms with van der Waals surface area (Å²) in [6.07, 6.45) is 3.55. The molecule has 1 fully saturated rings. The normalized spacial score (nSPS) is 18.0. The first-order valence-electron chi connectivity index (χ1n) is 7.91. The van der Waals surface area contributed by atoms with Crippen LogP contribution in [0.25, 0.3) is 5.69 Å². The maximum absolute atomic E-state index is 12.6. The van der Waals surface area contributed by atoms with Crippen LogP contribution in [0.15, 0.2) is 29.2 Å². The smallest absolute Gasteiger partial charge is 0.292 e. The second kappa shape index (κ2) is 7.13. The van der Waals surface area contributed by atoms with Crippen LogP contribution in [0.1, 0.15) is 18.4 Å². The lowest BCUT2D eigenvalue weighted by atomic mass is 9.99. The number of benzene rings is 1. The van der Waals surface area contributed by atoms with E-state index in [0.717, 1.165) is 24.9 Å². The third-order valence-electron chi connectivity index (χ3n) is 4.42. The minimum Gasteiger partial charge on any atom is -0.396 e. The summed E-state index contributed by atoms with van der Waals surface area (Å²) in [5.74, 6) is 0.202. The molecule has 0 amide bonds. The van der Waals surface area contributed by atoms with Crippen molar-refractivity contribution >= 4 is 28.9 Å². The van der Waals surface area contributed by atoms with Crippen molar-refractivity contribution < 1.29 is 5.11 Å². The Bertz CT molecular complexity index is 807. The van der Waals surface area contributed by atoms with E-state index in [1.165, 1.54) is 4.68 Å². The molecule has 1 aromatic carbocycles. The zero-order chi connectivity index (χ0) is 17.3. The van der Waals surface area contributed by atoms with Gasteiger partial charge in [-0.05, 0) is 43.4 Å². The largest absolute Gasteiger partial charge is 0.396 e. The molecular weight excluding hydrogens is 349 g/mol. The molecule has 0 radical (unpaired) electrons. The second-order valence-corrected chi connectivity index (χ2v) is 6.92. The Labute approximate surface area is 150 Å². The zero-order valence-electron chi connectivity index (χ0n) is 13.4. The quantitative estimate of drug-likeness (QED) is 0.905. The summed E-state index contributed by atoms with van der Waals surface area (Å²) < 4.78 is 1.25. The summed E-state index contributed by atoms with van der Waals surface area (Å²) in [4.78, 5) is 14.7. The van der Waals surface area contributed by atoms with Crippen molar-refractivity contribution in [2.24, 2.45) is 5.92 Å². The molecule has 128 valence electrons. The van der Waals surface area contributed by atoms with Crippen LogP contribution in [0.5, 0.6) is 0 Å². The zero-order valence-corrected chi connectivity index (χ0v) is 14.9. The molecule has 1 atom stereocenters. The number of halogens is 2. The minimum absolute atomic E-state index is 0.139. The Balaban J connectivity index is 1.97. The predicted molar refractivity (Wildman–Crippen MR) is 96.6 cm³/mol. The van der Waals surface area contributed by atoms with Gasteiger partial charge in [-0.2, -0.15) is 9.78 Å². The Morgan fingerprint density at radius 1 is 1.38 bits per heavy atom. The number of aliphatic hydroxyl groups excluding tert-OH is 1. The van der Waals surface area contributed by atoms with Crippen LogP contribution in [0.4, 0.5) is 5.69 Å². The van der Waals surface area contributed by atoms with Gasteiger partial charge >= 0.3 is 0 Å². The standard InChI is InChI=1S/C17H19Cl2N3O2/c1-11-4-5-13(7-14(11)18)22-17(24)16(19)15(8-20-22)21-6-2-3-12(9-21)10-23/h4-5,7-8,12,23H,2-3,6,9-10H2,1H3/t12-/m1/s1. The molecule has 0 aliphatic carbocycles. The molecule has 0 saturated carbocycles. The molecule has 24 heavy (non-hydrogen) atoms. The molecule has 0 bridgehead atoms. The van der Waals surface area contributed by atoms with Crippen LogP contribution in [0.3, 0.4) is 0 Å². The molecule has 3 rings (SSSR count). The second-order valence-electron chi connectivity index (χ2n) is 6.13. The van der Waals surface area contributed by atoms with Crippen LogP contribution >= 0.6 is 23.2 Å². The van der Waals surface area contributed by atoms with Gasteiger partial charge in [-0.25, -0.2) is 0 Å². The molecule has 1 aromatic heterocycles. The number of aromatic nitrogens is 2. The summed E-state index contributed by atoms with van der Waals surface area (Å²) in [5, 5.41) is 14.3. The maximum atomic E-state index is 12.6. The first kappa shape index (κ1) is 17.3. The fourth-order valence-corrected chi connectivity index (χ4v) is 3.40. The van der Waals surface area contributed by atoms with Crippen molar-refractivity contribution in [3.8, 4) is 5.69 Å². The van der Waals surface area contributed by atoms with Gasteiger partial charge < -0.3 is 10.0 Å². The molecule has 1 saturated heterocycles. The van der Waals surface area contributed by atoms with E-state index >= 15 is 0 Å². The van der Waals surface area contributed by atoms with Gasteiger partial charge in [0.2, 0.25) is 0 Å². The number of hydrogen-bond acceptors (Lipinski definition) is 4. The summed E-state index contributed by atoms with van der Waals surface area (Å²) in [6.45, 7) is 3.52. The number of aryl methyl sites for hydroxylation is 1. The summed E-state index contributed by atoms with van der Waals surface area (Å²) in [6, 6.07) is 5.32. The van der Waals surface area contributed by atoms with Gasteiger partial charge in [0.15, 0.2) is 0 Å². The lowest BCUT2D eigenvalue weighted by Crippen LogP contribution is -2.38. The van der Waals surface area contributed by atoms with Crippen molar-refractivity contribution in [3.05, 3.63) is 50.4 Å². The fraction of sp³-hybridized carbons (Fsp3) is 0.412. The molecule has 0 spiro atoms. The van der Waals surface area contributed by atoms with Crippen LogP contribution in [0.2, 0.25) is 10.0 Å². The Hall–Kier alpha value is -1.56. The van der Waals surface area contributed by atoms with E-state index in [1.54, 1.807) is 18.3 Å². The number of nitrogens with zero attached hydrogens (tertiary/aromatic N) is 3. The Morgan fingerprint density at radius 3 is 2.88 bits per heavy atom. The lowest BCUT2D eigenvalue weighted by molar-refractivity contribution is 0.208. The SMILES string of the molecule is Cc1ccc(-n2ncc(N3CCC[C@@H](CO)C3)c(Cl)c2=O)cc1Cl. The molecule has 2 heterocycles. The first-order chi connectivity index (χ1) is 11.5. The van der Waals surface area contributed by atoms with Gasteiger partial charge in [0.05, 0.1) is 17.6 Å². The number of anilines is 1. The molecule has 0 unspecified atom stereocenters. The topological polar surface area (TPSA) is 58.4 Å². The molecule has 1 N–H and O–H groups in total. The van der Waals surface area contributed by atoms with E-state index in [2.05, 4.69) is 5.10 Å². The third kappa shape index (κ3) is 3.29. The summed E-state index contributed by atoms with van der Waals surface area (Å²) in [5.41, 5.74) is 1.75. The van der Waals surface area contributed by atoms with E-state index in [0.29, 0.717) is 22.9 Å². The molecule has 1 aliphatic rings. The van der Waals surface area contributed by atoms with Crippen molar-refractivity contribution in [3.63, 3.8) is 0 Å². The highest BCUT2D eigenvalue weighted by molar-refractivity contribution is 6.33. The first-order valence-corrected chi connectivity index (χ1v) is 8.67. The monoisotopic (exact) mass is 367 g/mol. The van der Waals surface area contributed by atoms with Gasteiger partial charge in [0.1, 0.15) is 5.02 Å². The molecule has 2 aromatic rings. The van der Waals surface area contributed by atoms with Crippen LogP contribution in [-0.2, 0) is 0 Å². The predicted octanol–water partition coefficient (Wildman–Crippen LogP) is 3.06. The number of hydrogen-bond donors (Lipinski definition) is 1. The number of aliphatic hydroxyl groups is 1. The van der Waals surface area contributed by atoms with Gasteiger partial charge in [-0.3, -0.25) is 4.79 Å². The average molecular weight is 368 g/mol. The molecule has 1 aliphatic heterocycles. The highest BCUT2D eigenvalue weighted by atomic mass is 35.5. The summed E-state index contributed by atoms with van der Waals surface area (Å²) in [7, 11) is 0. The minimum atomic E-state index is -0.375.